The maximum atomic E-state index is 2.12. The molecule has 0 spiro atoms. The fourth-order valence-electron chi connectivity index (χ4n) is 0. The average Bonchev–Trinajstić information content (AvgIpc) is 0.722. The van der Waals surface area contributed by atoms with E-state index in [1.54, 1.807) is 0 Å². The summed E-state index contributed by atoms with van der Waals surface area (Å²) in [5.74, 6) is 0. The Morgan fingerprint density at radius 2 is 0.857 bits per heavy atom. The first-order valence-electron chi connectivity index (χ1n) is 1.79. The summed E-state index contributed by atoms with van der Waals surface area (Å²) >= 11 is 0. The summed E-state index contributed by atoms with van der Waals surface area (Å²) < 4.78 is 1.00. The molecule has 0 fully saturated rings. The Bertz CT molecular complexity index is 27.2. The third-order valence-electron chi connectivity index (χ3n) is 0. The van der Waals surface area contributed by atoms with E-state index in [0.29, 0.717) is 0 Å². The number of nitrogens with zero attached hydrogens (tertiary/aromatic N) is 1. The summed E-state index contributed by atoms with van der Waals surface area (Å²) in [6.45, 7) is 0. The van der Waals surface area contributed by atoms with Crippen LogP contribution in [0.15, 0.2) is 0 Å². The molecule has 0 N–H and O–H groups in total. The Hall–Kier alpha value is 1.43. The van der Waals surface area contributed by atoms with Crippen molar-refractivity contribution in [2.24, 2.45) is 0 Å². The van der Waals surface area contributed by atoms with Crippen molar-refractivity contribution in [1.82, 2.24) is 0 Å². The summed E-state index contributed by atoms with van der Waals surface area (Å²) in [4.78, 5) is 0. The summed E-state index contributed by atoms with van der Waals surface area (Å²) in [6, 6.07) is 0. The van der Waals surface area contributed by atoms with Crippen LogP contribution in [0.2, 0.25) is 0 Å². The maximum absolute atomic E-state index is 2.12. The Morgan fingerprint density at radius 3 is 0.857 bits per heavy atom. The molecular formula is C4H12AgIN. The molecule has 0 saturated heterocycles. The monoisotopic (exact) mass is 308 g/mol. The molecule has 0 unspecified atom stereocenters. The Labute approximate surface area is 78.6 Å². The molecule has 0 atom stereocenters. The first-order chi connectivity index (χ1) is 2.00. The molecular weight excluding hydrogens is 297 g/mol. The van der Waals surface area contributed by atoms with Crippen LogP contribution in [0, 0.1) is 0 Å². The van der Waals surface area contributed by atoms with Gasteiger partial charge in [0.2, 0.25) is 0 Å². The molecule has 0 amide bonds. The van der Waals surface area contributed by atoms with E-state index in [2.05, 4.69) is 28.2 Å². The zero-order valence-electron chi connectivity index (χ0n) is 5.13. The van der Waals surface area contributed by atoms with Crippen molar-refractivity contribution in [1.29, 1.82) is 0 Å². The molecule has 7 heavy (non-hydrogen) atoms. The van der Waals surface area contributed by atoms with Gasteiger partial charge < -0.3 is 28.5 Å². The van der Waals surface area contributed by atoms with Gasteiger partial charge >= 0.3 is 0 Å². The van der Waals surface area contributed by atoms with Gasteiger partial charge in [0.05, 0.1) is 28.2 Å². The molecule has 0 aliphatic carbocycles. The van der Waals surface area contributed by atoms with Crippen LogP contribution < -0.4 is 24.0 Å². The molecule has 0 rings (SSSR count). The van der Waals surface area contributed by atoms with Gasteiger partial charge in [-0.3, -0.25) is 0 Å². The van der Waals surface area contributed by atoms with Crippen molar-refractivity contribution >= 4 is 0 Å². The fourth-order valence-corrected chi connectivity index (χ4v) is 0. The fraction of sp³-hybridized carbons (Fsp3) is 1.00. The molecule has 1 nitrogen and oxygen atoms in total. The summed E-state index contributed by atoms with van der Waals surface area (Å²) in [5.41, 5.74) is 0. The third-order valence-corrected chi connectivity index (χ3v) is 0. The standard InChI is InChI=1S/C4H12N.Ag.HI/c1-5(2,3)4;;/h1-4H3;;1H/q+1;;/p-1. The molecule has 0 bridgehead atoms. The van der Waals surface area contributed by atoms with Crippen molar-refractivity contribution in [2.75, 3.05) is 28.2 Å². The predicted molar refractivity (Wildman–Crippen MR) is 24.0 cm³/mol. The molecule has 1 radical (unpaired) electrons. The molecule has 3 heteroatoms. The topological polar surface area (TPSA) is 0 Å². The van der Waals surface area contributed by atoms with Crippen LogP contribution in [-0.2, 0) is 22.4 Å². The van der Waals surface area contributed by atoms with Crippen molar-refractivity contribution in [3.8, 4) is 0 Å². The smallest absolute Gasteiger partial charge is 0.0675 e. The van der Waals surface area contributed by atoms with Crippen LogP contribution in [0.25, 0.3) is 0 Å². The molecule has 0 aliphatic rings. The summed E-state index contributed by atoms with van der Waals surface area (Å²) in [7, 11) is 8.50. The van der Waals surface area contributed by atoms with E-state index in [-0.39, 0.29) is 46.4 Å². The van der Waals surface area contributed by atoms with Crippen LogP contribution in [0.5, 0.6) is 0 Å². The van der Waals surface area contributed by atoms with Gasteiger partial charge in [-0.2, -0.15) is 0 Å². The largest absolute Gasteiger partial charge is 1.00 e. The van der Waals surface area contributed by atoms with E-state index in [9.17, 15) is 0 Å². The van der Waals surface area contributed by atoms with Crippen molar-refractivity contribution < 1.29 is 50.8 Å². The van der Waals surface area contributed by atoms with Crippen molar-refractivity contribution in [3.63, 3.8) is 0 Å². The number of rotatable bonds is 0. The molecule has 0 heterocycles. The minimum atomic E-state index is 0. The number of hydrogen-bond acceptors (Lipinski definition) is 0. The quantitative estimate of drug-likeness (QED) is 0.260. The SMILES string of the molecule is C[N+](C)(C)C.[Ag].[I-]. The zero-order chi connectivity index (χ0) is 4.50. The third kappa shape index (κ3) is 107. The minimum absolute atomic E-state index is 0. The Balaban J connectivity index is -0.0000000800. The van der Waals surface area contributed by atoms with Gasteiger partial charge in [0.25, 0.3) is 0 Å². The minimum Gasteiger partial charge on any atom is -1.00 e. The van der Waals surface area contributed by atoms with Gasteiger partial charge in [-0.05, 0) is 0 Å². The number of hydrogen-bond donors (Lipinski definition) is 0. The van der Waals surface area contributed by atoms with Gasteiger partial charge in [0.15, 0.2) is 0 Å². The first-order valence-corrected chi connectivity index (χ1v) is 1.79. The second kappa shape index (κ2) is 5.56. The first kappa shape index (κ1) is 15.8. The van der Waals surface area contributed by atoms with Gasteiger partial charge in [-0.15, -0.1) is 0 Å². The van der Waals surface area contributed by atoms with E-state index in [1.165, 1.54) is 0 Å². The van der Waals surface area contributed by atoms with Crippen molar-refractivity contribution in [2.45, 2.75) is 0 Å². The predicted octanol–water partition coefficient (Wildman–Crippen LogP) is -2.68. The molecule has 0 aromatic carbocycles. The second-order valence-electron chi connectivity index (χ2n) is 2.68. The van der Waals surface area contributed by atoms with E-state index < -0.39 is 0 Å². The molecule has 0 aliphatic heterocycles. The van der Waals surface area contributed by atoms with E-state index in [4.69, 9.17) is 0 Å². The number of quaternary nitrogens is 1. The van der Waals surface area contributed by atoms with Crippen LogP contribution >= 0.6 is 0 Å². The van der Waals surface area contributed by atoms with E-state index >= 15 is 0 Å². The number of halogens is 1. The van der Waals surface area contributed by atoms with Crippen LogP contribution in [0.3, 0.4) is 0 Å². The maximum Gasteiger partial charge on any atom is 0.0675 e. The Morgan fingerprint density at radius 1 is 0.857 bits per heavy atom. The molecule has 51 valence electrons. The summed E-state index contributed by atoms with van der Waals surface area (Å²) in [5, 5.41) is 0. The van der Waals surface area contributed by atoms with Crippen LogP contribution in [-0.4, -0.2) is 32.7 Å². The molecule has 0 aromatic heterocycles. The van der Waals surface area contributed by atoms with Gasteiger partial charge in [-0.1, -0.05) is 0 Å². The van der Waals surface area contributed by atoms with Crippen LogP contribution in [0.1, 0.15) is 0 Å². The second-order valence-corrected chi connectivity index (χ2v) is 2.68. The molecule has 0 saturated carbocycles. The summed E-state index contributed by atoms with van der Waals surface area (Å²) in [6.07, 6.45) is 0. The van der Waals surface area contributed by atoms with E-state index in [0.717, 1.165) is 4.48 Å². The normalized spacial score (nSPS) is 8.57. The zero-order valence-corrected chi connectivity index (χ0v) is 8.77. The van der Waals surface area contributed by atoms with Gasteiger partial charge in [0, 0.05) is 22.4 Å². The van der Waals surface area contributed by atoms with Gasteiger partial charge in [0.1, 0.15) is 0 Å². The molecule has 0 aromatic rings. The van der Waals surface area contributed by atoms with Crippen LogP contribution in [0.4, 0.5) is 0 Å². The van der Waals surface area contributed by atoms with Gasteiger partial charge in [-0.25, -0.2) is 0 Å². The van der Waals surface area contributed by atoms with Crippen molar-refractivity contribution in [3.05, 3.63) is 0 Å². The average molecular weight is 309 g/mol. The van der Waals surface area contributed by atoms with E-state index in [1.807, 2.05) is 0 Å². The Kier molecular flexibility index (Phi) is 12.5.